The number of hydrogen-bond donors (Lipinski definition) is 1. The molecule has 0 radical (unpaired) electrons. The fourth-order valence-corrected chi connectivity index (χ4v) is 5.48. The highest BCUT2D eigenvalue weighted by molar-refractivity contribution is 7.95. The molecule has 1 aromatic carbocycles. The number of anilines is 1. The molecule has 0 saturated carbocycles. The van der Waals surface area contributed by atoms with Crippen LogP contribution < -0.4 is 10.6 Å². The number of hydrogen-bond acceptors (Lipinski definition) is 6. The standard InChI is InChI=1S/C19H15FN4O2S/c20-13-3-5-14(6-4-13)24-16-7-9-27(25,26)18(16)17(15(10-21)19(24)22)12-2-1-8-23-11-12/h1-6,8,11,17H,7,9,22H2/t17-/m0/s1. The number of sulfone groups is 1. The molecule has 136 valence electrons. The van der Waals surface area contributed by atoms with E-state index in [2.05, 4.69) is 11.1 Å². The molecule has 27 heavy (non-hydrogen) atoms. The lowest BCUT2D eigenvalue weighted by Gasteiger charge is -2.34. The third-order valence-electron chi connectivity index (χ3n) is 4.79. The van der Waals surface area contributed by atoms with E-state index in [1.807, 2.05) is 0 Å². The van der Waals surface area contributed by atoms with Crippen molar-refractivity contribution >= 4 is 15.5 Å². The van der Waals surface area contributed by atoms with Gasteiger partial charge >= 0.3 is 0 Å². The lowest BCUT2D eigenvalue weighted by molar-refractivity contribution is 0.602. The van der Waals surface area contributed by atoms with Crippen LogP contribution in [0.4, 0.5) is 10.1 Å². The van der Waals surface area contributed by atoms with Crippen LogP contribution in [0.2, 0.25) is 0 Å². The topological polar surface area (TPSA) is 100 Å². The summed E-state index contributed by atoms with van der Waals surface area (Å²) in [7, 11) is -3.56. The van der Waals surface area contributed by atoms with Crippen molar-refractivity contribution in [3.63, 3.8) is 0 Å². The van der Waals surface area contributed by atoms with E-state index in [1.54, 1.807) is 29.4 Å². The molecule has 0 amide bonds. The van der Waals surface area contributed by atoms with Gasteiger partial charge in [-0.3, -0.25) is 9.88 Å². The molecule has 0 unspecified atom stereocenters. The number of nitrogens with zero attached hydrogens (tertiary/aromatic N) is 3. The van der Waals surface area contributed by atoms with Crippen LogP contribution in [0.5, 0.6) is 0 Å². The van der Waals surface area contributed by atoms with E-state index in [0.717, 1.165) is 0 Å². The Kier molecular flexibility index (Phi) is 3.97. The lowest BCUT2D eigenvalue weighted by atomic mass is 9.88. The fraction of sp³-hybridized carbons (Fsp3) is 0.158. The van der Waals surface area contributed by atoms with Gasteiger partial charge in [0.05, 0.1) is 28.2 Å². The highest BCUT2D eigenvalue weighted by Gasteiger charge is 2.45. The van der Waals surface area contributed by atoms with Gasteiger partial charge in [0.2, 0.25) is 0 Å². The summed E-state index contributed by atoms with van der Waals surface area (Å²) in [5.74, 6) is -1.12. The molecule has 1 atom stereocenters. The second-order valence-corrected chi connectivity index (χ2v) is 8.40. The van der Waals surface area contributed by atoms with E-state index in [1.165, 1.54) is 24.3 Å². The summed E-state index contributed by atoms with van der Waals surface area (Å²) in [4.78, 5) is 5.78. The minimum atomic E-state index is -3.56. The largest absolute Gasteiger partial charge is 0.384 e. The molecule has 0 aliphatic carbocycles. The molecule has 3 heterocycles. The zero-order valence-electron chi connectivity index (χ0n) is 14.1. The van der Waals surface area contributed by atoms with Crippen molar-refractivity contribution in [3.8, 4) is 6.07 Å². The summed E-state index contributed by atoms with van der Waals surface area (Å²) in [5, 5.41) is 9.78. The van der Waals surface area contributed by atoms with E-state index in [-0.39, 0.29) is 28.5 Å². The van der Waals surface area contributed by atoms with Gasteiger partial charge in [0.25, 0.3) is 0 Å². The third kappa shape index (κ3) is 2.67. The van der Waals surface area contributed by atoms with Crippen molar-refractivity contribution in [2.75, 3.05) is 10.7 Å². The SMILES string of the molecule is N#CC1=C(N)N(c2ccc(F)cc2)C2=C([C@H]1c1cccnc1)S(=O)(=O)CC2. The monoisotopic (exact) mass is 382 g/mol. The predicted molar refractivity (Wildman–Crippen MR) is 98.1 cm³/mol. The van der Waals surface area contributed by atoms with Crippen molar-refractivity contribution in [2.45, 2.75) is 12.3 Å². The molecule has 0 fully saturated rings. The minimum absolute atomic E-state index is 0.0574. The van der Waals surface area contributed by atoms with Crippen molar-refractivity contribution in [1.29, 1.82) is 5.26 Å². The number of rotatable bonds is 2. The number of benzene rings is 1. The Balaban J connectivity index is 1.99. The molecule has 2 aliphatic heterocycles. The summed E-state index contributed by atoms with van der Waals surface area (Å²) >= 11 is 0. The first-order valence-corrected chi connectivity index (χ1v) is 9.90. The normalized spacial score (nSPS) is 21.2. The maximum Gasteiger partial charge on any atom is 0.177 e. The van der Waals surface area contributed by atoms with Gasteiger partial charge < -0.3 is 5.73 Å². The Morgan fingerprint density at radius 1 is 1.26 bits per heavy atom. The first-order chi connectivity index (χ1) is 12.9. The number of nitrogens with two attached hydrogens (primary N) is 1. The molecule has 4 rings (SSSR count). The second kappa shape index (κ2) is 6.21. The number of pyridine rings is 1. The van der Waals surface area contributed by atoms with Crippen LogP contribution in [0.3, 0.4) is 0 Å². The predicted octanol–water partition coefficient (Wildman–Crippen LogP) is 2.55. The van der Waals surface area contributed by atoms with Gasteiger partial charge in [0.15, 0.2) is 9.84 Å². The highest BCUT2D eigenvalue weighted by Crippen LogP contribution is 2.48. The lowest BCUT2D eigenvalue weighted by Crippen LogP contribution is -2.34. The van der Waals surface area contributed by atoms with Crippen molar-refractivity contribution < 1.29 is 12.8 Å². The Bertz CT molecular complexity index is 1120. The third-order valence-corrected chi connectivity index (χ3v) is 6.67. The van der Waals surface area contributed by atoms with E-state index in [0.29, 0.717) is 16.9 Å². The maximum atomic E-state index is 13.3. The van der Waals surface area contributed by atoms with Gasteiger partial charge in [-0.2, -0.15) is 5.26 Å². The smallest absolute Gasteiger partial charge is 0.177 e. The molecule has 0 saturated heterocycles. The summed E-state index contributed by atoms with van der Waals surface area (Å²) < 4.78 is 39.0. The summed E-state index contributed by atoms with van der Waals surface area (Å²) in [6, 6.07) is 11.1. The van der Waals surface area contributed by atoms with Crippen LogP contribution in [-0.4, -0.2) is 19.2 Å². The molecule has 2 N–H and O–H groups in total. The Morgan fingerprint density at radius 3 is 2.63 bits per heavy atom. The maximum absolute atomic E-state index is 13.3. The number of halogens is 1. The second-order valence-electron chi connectivity index (χ2n) is 6.32. The average molecular weight is 382 g/mol. The van der Waals surface area contributed by atoms with Crippen molar-refractivity contribution in [1.82, 2.24) is 4.98 Å². The molecule has 1 aromatic heterocycles. The van der Waals surface area contributed by atoms with Crippen LogP contribution >= 0.6 is 0 Å². The molecule has 8 heteroatoms. The number of aromatic nitrogens is 1. The average Bonchev–Trinajstić information content (AvgIpc) is 2.97. The highest BCUT2D eigenvalue weighted by atomic mass is 32.2. The van der Waals surface area contributed by atoms with E-state index in [9.17, 15) is 18.1 Å². The Hall–Kier alpha value is -3.18. The van der Waals surface area contributed by atoms with E-state index in [4.69, 9.17) is 5.73 Å². The van der Waals surface area contributed by atoms with Gasteiger partial charge in [0.1, 0.15) is 11.6 Å². The molecule has 2 aromatic rings. The number of allylic oxidation sites excluding steroid dienone is 3. The summed E-state index contributed by atoms with van der Waals surface area (Å²) in [5.41, 5.74) is 8.07. The zero-order valence-corrected chi connectivity index (χ0v) is 14.9. The fourth-order valence-electron chi connectivity index (χ4n) is 3.63. The molecular formula is C19H15FN4O2S. The summed E-state index contributed by atoms with van der Waals surface area (Å²) in [6.45, 7) is 0. The Morgan fingerprint density at radius 2 is 2.00 bits per heavy atom. The van der Waals surface area contributed by atoms with Crippen LogP contribution in [0.1, 0.15) is 17.9 Å². The van der Waals surface area contributed by atoms with E-state index < -0.39 is 21.6 Å². The van der Waals surface area contributed by atoms with E-state index >= 15 is 0 Å². The van der Waals surface area contributed by atoms with Gasteiger partial charge in [-0.15, -0.1) is 0 Å². The van der Waals surface area contributed by atoms with Crippen LogP contribution in [0.25, 0.3) is 0 Å². The van der Waals surface area contributed by atoms with Crippen molar-refractivity contribution in [3.05, 3.63) is 82.2 Å². The first-order valence-electron chi connectivity index (χ1n) is 8.25. The molecule has 2 aliphatic rings. The van der Waals surface area contributed by atoms with Crippen LogP contribution in [0, 0.1) is 17.1 Å². The minimum Gasteiger partial charge on any atom is -0.384 e. The van der Waals surface area contributed by atoms with Gasteiger partial charge in [-0.25, -0.2) is 12.8 Å². The molecule has 0 bridgehead atoms. The van der Waals surface area contributed by atoms with Gasteiger partial charge in [0, 0.05) is 30.2 Å². The van der Waals surface area contributed by atoms with Gasteiger partial charge in [-0.1, -0.05) is 6.07 Å². The molecule has 6 nitrogen and oxygen atoms in total. The zero-order chi connectivity index (χ0) is 19.2. The first kappa shape index (κ1) is 17.2. The van der Waals surface area contributed by atoms with Crippen LogP contribution in [-0.2, 0) is 9.84 Å². The number of nitriles is 1. The van der Waals surface area contributed by atoms with Crippen molar-refractivity contribution in [2.24, 2.45) is 5.73 Å². The summed E-state index contributed by atoms with van der Waals surface area (Å²) in [6.07, 6.45) is 3.39. The Labute approximate surface area is 156 Å². The van der Waals surface area contributed by atoms with Gasteiger partial charge in [-0.05, 0) is 35.9 Å². The van der Waals surface area contributed by atoms with Crippen LogP contribution in [0.15, 0.2) is 70.8 Å². The molecule has 0 spiro atoms. The molecular weight excluding hydrogens is 367 g/mol. The quantitative estimate of drug-likeness (QED) is 0.857.